The maximum Gasteiger partial charge on any atom is 0.490 e. The Bertz CT molecular complexity index is 751. The summed E-state index contributed by atoms with van der Waals surface area (Å²) in [4.78, 5) is 36.0. The molecule has 2 heterocycles. The predicted octanol–water partition coefficient (Wildman–Crippen LogP) is 3.13. The Hall–Kier alpha value is -2.78. The van der Waals surface area contributed by atoms with E-state index >= 15 is 0 Å². The molecule has 0 bridgehead atoms. The van der Waals surface area contributed by atoms with Gasteiger partial charge < -0.3 is 15.1 Å². The van der Waals surface area contributed by atoms with Crippen molar-refractivity contribution in [3.05, 3.63) is 29.8 Å². The zero-order chi connectivity index (χ0) is 21.1. The highest BCUT2D eigenvalue weighted by Crippen LogP contribution is 2.37. The monoisotopic (exact) mass is 402 g/mol. The molecule has 3 rings (SSSR count). The summed E-state index contributed by atoms with van der Waals surface area (Å²) in [5, 5.41) is 15.9. The number of anilines is 1. The number of carbonyl (C=O) groups is 3. The minimum Gasteiger partial charge on any atom is -0.481 e. The number of fused-ring (bicyclic) bond motifs is 1. The van der Waals surface area contributed by atoms with Gasteiger partial charge in [0.1, 0.15) is 0 Å². The molecule has 2 saturated heterocycles. The number of carboxylic acid groups (broad SMARTS) is 2. The molecule has 10 heteroatoms. The zero-order valence-corrected chi connectivity index (χ0v) is 15.2. The molecular weight excluding hydrogens is 381 g/mol. The third kappa shape index (κ3) is 4.93. The molecule has 0 radical (unpaired) electrons. The van der Waals surface area contributed by atoms with Crippen molar-refractivity contribution in [2.75, 3.05) is 18.0 Å². The second-order valence-corrected chi connectivity index (χ2v) is 7.01. The van der Waals surface area contributed by atoms with Crippen LogP contribution >= 0.6 is 0 Å². The smallest absolute Gasteiger partial charge is 0.481 e. The van der Waals surface area contributed by atoms with Gasteiger partial charge in [-0.2, -0.15) is 13.2 Å². The molecule has 2 amide bonds. The van der Waals surface area contributed by atoms with Crippen LogP contribution in [0.5, 0.6) is 0 Å². The van der Waals surface area contributed by atoms with Crippen molar-refractivity contribution in [1.29, 1.82) is 0 Å². The first-order chi connectivity index (χ1) is 12.9. The van der Waals surface area contributed by atoms with E-state index in [0.717, 1.165) is 30.6 Å². The van der Waals surface area contributed by atoms with E-state index in [0.29, 0.717) is 6.54 Å². The first-order valence-electron chi connectivity index (χ1n) is 8.64. The molecule has 154 valence electrons. The second-order valence-electron chi connectivity index (χ2n) is 7.01. The van der Waals surface area contributed by atoms with E-state index in [9.17, 15) is 22.8 Å². The third-order valence-corrected chi connectivity index (χ3v) is 4.81. The van der Waals surface area contributed by atoms with E-state index < -0.39 is 18.1 Å². The lowest BCUT2D eigenvalue weighted by Gasteiger charge is -2.37. The number of carbonyl (C=O) groups excluding carboxylic acids is 1. The lowest BCUT2D eigenvalue weighted by molar-refractivity contribution is -0.192. The van der Waals surface area contributed by atoms with Gasteiger partial charge in [0.05, 0.1) is 18.5 Å². The maximum absolute atomic E-state index is 12.6. The molecule has 28 heavy (non-hydrogen) atoms. The number of rotatable bonds is 3. The summed E-state index contributed by atoms with van der Waals surface area (Å²) in [5.74, 6) is -3.60. The fourth-order valence-corrected chi connectivity index (χ4v) is 3.40. The van der Waals surface area contributed by atoms with E-state index in [1.807, 2.05) is 21.9 Å². The van der Waals surface area contributed by atoms with Gasteiger partial charge in [-0.3, -0.25) is 9.69 Å². The quantitative estimate of drug-likeness (QED) is 0.810. The number of benzene rings is 1. The van der Waals surface area contributed by atoms with Crippen LogP contribution in [-0.2, 0) is 16.0 Å². The Morgan fingerprint density at radius 2 is 1.71 bits per heavy atom. The standard InChI is InChI=1S/C16H20N2O3.C2HF3O2/c1-16-8-2-3-9-18(16)15(21)17(11-16)13-6-4-12(5-7-13)10-14(19)20;3-2(4,5)1(6)7/h4-7H,2-3,8-11H2,1H3,(H,19,20);(H,6,7). The molecule has 1 aromatic rings. The molecule has 0 spiro atoms. The van der Waals surface area contributed by atoms with E-state index in [-0.39, 0.29) is 18.0 Å². The SMILES string of the molecule is CC12CCCCN1C(=O)N(c1ccc(CC(=O)O)cc1)C2.O=C(O)C(F)(F)F. The molecule has 0 aromatic heterocycles. The number of hydrogen-bond acceptors (Lipinski definition) is 3. The lowest BCUT2D eigenvalue weighted by atomic mass is 9.90. The first-order valence-corrected chi connectivity index (χ1v) is 8.64. The molecule has 0 aliphatic carbocycles. The van der Waals surface area contributed by atoms with Crippen LogP contribution in [0, 0.1) is 0 Å². The Morgan fingerprint density at radius 1 is 1.14 bits per heavy atom. The van der Waals surface area contributed by atoms with Crippen molar-refractivity contribution in [2.24, 2.45) is 0 Å². The van der Waals surface area contributed by atoms with Gasteiger partial charge in [0.2, 0.25) is 0 Å². The molecular formula is C18H21F3N2O5. The summed E-state index contributed by atoms with van der Waals surface area (Å²) < 4.78 is 31.7. The summed E-state index contributed by atoms with van der Waals surface area (Å²) in [5.41, 5.74) is 1.54. The number of nitrogens with zero attached hydrogens (tertiary/aromatic N) is 2. The van der Waals surface area contributed by atoms with Gasteiger partial charge in [-0.15, -0.1) is 0 Å². The molecule has 1 aromatic carbocycles. The lowest BCUT2D eigenvalue weighted by Crippen LogP contribution is -2.47. The van der Waals surface area contributed by atoms with Gasteiger partial charge >= 0.3 is 24.1 Å². The van der Waals surface area contributed by atoms with Crippen LogP contribution in [0.25, 0.3) is 0 Å². The van der Waals surface area contributed by atoms with E-state index in [2.05, 4.69) is 6.92 Å². The summed E-state index contributed by atoms with van der Waals surface area (Å²) in [7, 11) is 0. The number of piperidine rings is 1. The normalized spacial score (nSPS) is 21.6. The molecule has 7 nitrogen and oxygen atoms in total. The number of alkyl halides is 3. The zero-order valence-electron chi connectivity index (χ0n) is 15.2. The Morgan fingerprint density at radius 3 is 2.18 bits per heavy atom. The van der Waals surface area contributed by atoms with Crippen molar-refractivity contribution >= 4 is 23.7 Å². The fourth-order valence-electron chi connectivity index (χ4n) is 3.40. The van der Waals surface area contributed by atoms with Crippen LogP contribution in [0.15, 0.2) is 24.3 Å². The molecule has 1 atom stereocenters. The highest BCUT2D eigenvalue weighted by molar-refractivity contribution is 5.95. The molecule has 2 N–H and O–H groups in total. The van der Waals surface area contributed by atoms with Crippen molar-refractivity contribution < 1.29 is 37.8 Å². The summed E-state index contributed by atoms with van der Waals surface area (Å²) in [6.07, 6.45) is -1.78. The van der Waals surface area contributed by atoms with Gasteiger partial charge in [0.15, 0.2) is 0 Å². The van der Waals surface area contributed by atoms with Gasteiger partial charge in [-0.25, -0.2) is 9.59 Å². The largest absolute Gasteiger partial charge is 0.490 e. The van der Waals surface area contributed by atoms with Crippen LogP contribution in [0.4, 0.5) is 23.7 Å². The van der Waals surface area contributed by atoms with Crippen molar-refractivity contribution in [3.63, 3.8) is 0 Å². The summed E-state index contributed by atoms with van der Waals surface area (Å²) in [6, 6.07) is 7.34. The highest BCUT2D eigenvalue weighted by Gasteiger charge is 2.47. The van der Waals surface area contributed by atoms with Crippen LogP contribution in [0.3, 0.4) is 0 Å². The molecule has 0 saturated carbocycles. The van der Waals surface area contributed by atoms with Crippen molar-refractivity contribution in [1.82, 2.24) is 4.90 Å². The van der Waals surface area contributed by atoms with Gasteiger partial charge in [-0.1, -0.05) is 12.1 Å². The fraction of sp³-hybridized carbons (Fsp3) is 0.500. The van der Waals surface area contributed by atoms with Crippen LogP contribution < -0.4 is 4.90 Å². The number of urea groups is 1. The maximum atomic E-state index is 12.6. The minimum atomic E-state index is -5.08. The molecule has 1 unspecified atom stereocenters. The molecule has 2 aliphatic heterocycles. The average Bonchev–Trinajstić information content (AvgIpc) is 2.86. The average molecular weight is 402 g/mol. The van der Waals surface area contributed by atoms with Crippen molar-refractivity contribution in [3.8, 4) is 0 Å². The van der Waals surface area contributed by atoms with E-state index in [1.165, 1.54) is 6.42 Å². The number of halogens is 3. The number of aliphatic carboxylic acids is 2. The number of amides is 2. The second kappa shape index (κ2) is 8.07. The van der Waals surface area contributed by atoms with E-state index in [1.54, 1.807) is 12.1 Å². The number of hydrogen-bond donors (Lipinski definition) is 2. The van der Waals surface area contributed by atoms with Crippen molar-refractivity contribution in [2.45, 2.75) is 44.3 Å². The summed E-state index contributed by atoms with van der Waals surface area (Å²) in [6.45, 7) is 3.70. The Balaban J connectivity index is 0.000000345. The summed E-state index contributed by atoms with van der Waals surface area (Å²) >= 11 is 0. The molecule has 2 fully saturated rings. The predicted molar refractivity (Wildman–Crippen MR) is 93.2 cm³/mol. The van der Waals surface area contributed by atoms with Gasteiger partial charge in [0.25, 0.3) is 0 Å². The van der Waals surface area contributed by atoms with E-state index in [4.69, 9.17) is 15.0 Å². The topological polar surface area (TPSA) is 98.2 Å². The Labute approximate surface area is 159 Å². The first kappa shape index (κ1) is 21.5. The highest BCUT2D eigenvalue weighted by atomic mass is 19.4. The number of carboxylic acids is 2. The minimum absolute atomic E-state index is 0.0120. The van der Waals surface area contributed by atoms with Gasteiger partial charge in [0, 0.05) is 12.2 Å². The Kier molecular flexibility index (Phi) is 6.20. The van der Waals surface area contributed by atoms with Crippen LogP contribution in [0.2, 0.25) is 0 Å². The van der Waals surface area contributed by atoms with Gasteiger partial charge in [-0.05, 0) is 43.9 Å². The van der Waals surface area contributed by atoms with Crippen LogP contribution in [0.1, 0.15) is 31.7 Å². The third-order valence-electron chi connectivity index (χ3n) is 4.81. The molecule has 2 aliphatic rings. The van der Waals surface area contributed by atoms with Crippen LogP contribution in [-0.4, -0.2) is 57.9 Å².